The number of carboxylic acids is 1. The molecule has 1 heterocycles. The maximum absolute atomic E-state index is 12.2. The summed E-state index contributed by atoms with van der Waals surface area (Å²) in [4.78, 5) is 24.7. The molecule has 0 spiro atoms. The van der Waals surface area contributed by atoms with Crippen LogP contribution >= 0.6 is 0 Å². The van der Waals surface area contributed by atoms with Crippen molar-refractivity contribution in [3.8, 4) is 5.75 Å². The van der Waals surface area contributed by atoms with Crippen molar-refractivity contribution < 1.29 is 19.8 Å². The monoisotopic (exact) mass is 249 g/mol. The number of piperidine rings is 1. The molecule has 1 atom stereocenters. The van der Waals surface area contributed by atoms with Gasteiger partial charge in [0.2, 0.25) is 0 Å². The van der Waals surface area contributed by atoms with Gasteiger partial charge in [0.1, 0.15) is 11.8 Å². The topological polar surface area (TPSA) is 77.8 Å². The summed E-state index contributed by atoms with van der Waals surface area (Å²) < 4.78 is 0. The Labute approximate surface area is 105 Å². The fourth-order valence-corrected chi connectivity index (χ4v) is 2.24. The maximum atomic E-state index is 12.2. The van der Waals surface area contributed by atoms with Crippen LogP contribution in [-0.4, -0.2) is 39.6 Å². The third-order valence-corrected chi connectivity index (χ3v) is 3.18. The minimum Gasteiger partial charge on any atom is -0.507 e. The Morgan fingerprint density at radius 3 is 2.61 bits per heavy atom. The van der Waals surface area contributed by atoms with E-state index in [1.807, 2.05) is 0 Å². The van der Waals surface area contributed by atoms with E-state index in [0.717, 1.165) is 12.8 Å². The van der Waals surface area contributed by atoms with Crippen LogP contribution in [0.25, 0.3) is 0 Å². The van der Waals surface area contributed by atoms with Crippen LogP contribution < -0.4 is 0 Å². The fraction of sp³-hybridized carbons (Fsp3) is 0.385. The highest BCUT2D eigenvalue weighted by molar-refractivity contribution is 5.98. The van der Waals surface area contributed by atoms with Gasteiger partial charge in [-0.3, -0.25) is 4.79 Å². The van der Waals surface area contributed by atoms with Crippen LogP contribution in [-0.2, 0) is 4.79 Å². The summed E-state index contributed by atoms with van der Waals surface area (Å²) in [6.45, 7) is 0.421. The van der Waals surface area contributed by atoms with Gasteiger partial charge in [-0.2, -0.15) is 0 Å². The Bertz CT molecular complexity index is 472. The molecular weight excluding hydrogens is 234 g/mol. The standard InChI is InChI=1S/C13H15NO4/c15-11-7-2-1-5-9(11)12(16)14-8-4-3-6-10(14)13(17)18/h1-2,5,7,10,15H,3-4,6,8H2,(H,17,18). The van der Waals surface area contributed by atoms with E-state index in [9.17, 15) is 14.7 Å². The van der Waals surface area contributed by atoms with Crippen LogP contribution in [0.3, 0.4) is 0 Å². The number of rotatable bonds is 2. The van der Waals surface area contributed by atoms with Crippen molar-refractivity contribution >= 4 is 11.9 Å². The zero-order valence-electron chi connectivity index (χ0n) is 9.87. The summed E-state index contributed by atoms with van der Waals surface area (Å²) in [7, 11) is 0. The molecule has 0 bridgehead atoms. The van der Waals surface area contributed by atoms with Crippen LogP contribution in [0.1, 0.15) is 29.6 Å². The lowest BCUT2D eigenvalue weighted by Gasteiger charge is -2.33. The average Bonchev–Trinajstić information content (AvgIpc) is 2.38. The highest BCUT2D eigenvalue weighted by Gasteiger charge is 2.33. The van der Waals surface area contributed by atoms with E-state index in [-0.39, 0.29) is 11.3 Å². The molecule has 0 saturated carbocycles. The number of nitrogens with zero attached hydrogens (tertiary/aromatic N) is 1. The number of aliphatic carboxylic acids is 1. The van der Waals surface area contributed by atoms with Crippen molar-refractivity contribution in [2.24, 2.45) is 0 Å². The Morgan fingerprint density at radius 1 is 1.22 bits per heavy atom. The second-order valence-corrected chi connectivity index (χ2v) is 4.37. The van der Waals surface area contributed by atoms with Crippen molar-refractivity contribution in [1.82, 2.24) is 4.90 Å². The number of carboxylic acid groups (broad SMARTS) is 1. The maximum Gasteiger partial charge on any atom is 0.326 e. The molecule has 5 heteroatoms. The second-order valence-electron chi connectivity index (χ2n) is 4.37. The number of likely N-dealkylation sites (tertiary alicyclic amines) is 1. The molecule has 2 rings (SSSR count). The summed E-state index contributed by atoms with van der Waals surface area (Å²) in [5.41, 5.74) is 0.158. The van der Waals surface area contributed by atoms with Crippen molar-refractivity contribution in [3.05, 3.63) is 29.8 Å². The molecule has 1 aliphatic heterocycles. The van der Waals surface area contributed by atoms with Crippen molar-refractivity contribution in [2.45, 2.75) is 25.3 Å². The van der Waals surface area contributed by atoms with Crippen LogP contribution in [0.4, 0.5) is 0 Å². The van der Waals surface area contributed by atoms with Crippen LogP contribution in [0.15, 0.2) is 24.3 Å². The summed E-state index contributed by atoms with van der Waals surface area (Å²) in [5, 5.41) is 18.8. The van der Waals surface area contributed by atoms with Gasteiger partial charge in [-0.1, -0.05) is 12.1 Å². The van der Waals surface area contributed by atoms with Gasteiger partial charge < -0.3 is 15.1 Å². The number of carbonyl (C=O) groups is 2. The number of hydrogen-bond donors (Lipinski definition) is 2. The molecule has 96 valence electrons. The molecule has 0 aliphatic carbocycles. The summed E-state index contributed by atoms with van der Waals surface area (Å²) in [6, 6.07) is 5.41. The first kappa shape index (κ1) is 12.4. The molecule has 5 nitrogen and oxygen atoms in total. The molecule has 2 N–H and O–H groups in total. The fourth-order valence-electron chi connectivity index (χ4n) is 2.24. The van der Waals surface area contributed by atoms with Gasteiger partial charge in [0.25, 0.3) is 5.91 Å². The second kappa shape index (κ2) is 5.08. The van der Waals surface area contributed by atoms with E-state index in [2.05, 4.69) is 0 Å². The number of phenols is 1. The van der Waals surface area contributed by atoms with E-state index < -0.39 is 17.9 Å². The average molecular weight is 249 g/mol. The van der Waals surface area contributed by atoms with Crippen LogP contribution in [0.5, 0.6) is 5.75 Å². The first-order valence-corrected chi connectivity index (χ1v) is 5.93. The number of carbonyl (C=O) groups excluding carboxylic acids is 1. The molecule has 1 aliphatic rings. The largest absolute Gasteiger partial charge is 0.507 e. The zero-order valence-corrected chi connectivity index (χ0v) is 9.87. The molecule has 1 aromatic carbocycles. The molecule has 18 heavy (non-hydrogen) atoms. The van der Waals surface area contributed by atoms with Crippen molar-refractivity contribution in [3.63, 3.8) is 0 Å². The first-order chi connectivity index (χ1) is 8.61. The summed E-state index contributed by atoms with van der Waals surface area (Å²) in [6.07, 6.45) is 2.07. The molecule has 1 amide bonds. The van der Waals surface area contributed by atoms with Gasteiger partial charge in [0.15, 0.2) is 0 Å². The highest BCUT2D eigenvalue weighted by atomic mass is 16.4. The zero-order chi connectivity index (χ0) is 13.1. The van der Waals surface area contributed by atoms with Gasteiger partial charge in [0, 0.05) is 6.54 Å². The van der Waals surface area contributed by atoms with E-state index in [1.165, 1.54) is 17.0 Å². The molecule has 1 unspecified atom stereocenters. The van der Waals surface area contributed by atoms with E-state index in [4.69, 9.17) is 5.11 Å². The predicted octanol–water partition coefficient (Wildman–Crippen LogP) is 1.47. The van der Waals surface area contributed by atoms with Gasteiger partial charge in [-0.25, -0.2) is 4.79 Å². The Morgan fingerprint density at radius 2 is 1.94 bits per heavy atom. The van der Waals surface area contributed by atoms with Gasteiger partial charge in [-0.05, 0) is 31.4 Å². The van der Waals surface area contributed by atoms with Crippen LogP contribution in [0, 0.1) is 0 Å². The number of para-hydroxylation sites is 1. The van der Waals surface area contributed by atoms with Gasteiger partial charge in [0.05, 0.1) is 5.56 Å². The number of amides is 1. The van der Waals surface area contributed by atoms with E-state index >= 15 is 0 Å². The Hall–Kier alpha value is -2.04. The first-order valence-electron chi connectivity index (χ1n) is 5.93. The Kier molecular flexibility index (Phi) is 3.50. The third kappa shape index (κ3) is 2.30. The molecule has 1 fully saturated rings. The number of phenolic OH excluding ortho intramolecular Hbond substituents is 1. The van der Waals surface area contributed by atoms with Crippen LogP contribution in [0.2, 0.25) is 0 Å². The predicted molar refractivity (Wildman–Crippen MR) is 64.4 cm³/mol. The molecule has 0 aromatic heterocycles. The molecular formula is C13H15NO4. The minimum absolute atomic E-state index is 0.114. The van der Waals surface area contributed by atoms with Crippen molar-refractivity contribution in [2.75, 3.05) is 6.54 Å². The lowest BCUT2D eigenvalue weighted by Crippen LogP contribution is -2.47. The normalized spacial score (nSPS) is 19.6. The SMILES string of the molecule is O=C(O)C1CCCCN1C(=O)c1ccccc1O. The number of hydrogen-bond acceptors (Lipinski definition) is 3. The molecule has 0 radical (unpaired) electrons. The minimum atomic E-state index is -0.988. The highest BCUT2D eigenvalue weighted by Crippen LogP contribution is 2.23. The summed E-state index contributed by atoms with van der Waals surface area (Å²) in [5.74, 6) is -1.52. The van der Waals surface area contributed by atoms with E-state index in [0.29, 0.717) is 13.0 Å². The summed E-state index contributed by atoms with van der Waals surface area (Å²) >= 11 is 0. The number of benzene rings is 1. The smallest absolute Gasteiger partial charge is 0.326 e. The Balaban J connectivity index is 2.27. The lowest BCUT2D eigenvalue weighted by molar-refractivity contribution is -0.143. The number of aromatic hydroxyl groups is 1. The van der Waals surface area contributed by atoms with E-state index in [1.54, 1.807) is 12.1 Å². The lowest BCUT2D eigenvalue weighted by atomic mass is 10.0. The quantitative estimate of drug-likeness (QED) is 0.832. The molecule has 1 aromatic rings. The van der Waals surface area contributed by atoms with Gasteiger partial charge >= 0.3 is 5.97 Å². The molecule has 1 saturated heterocycles. The van der Waals surface area contributed by atoms with Gasteiger partial charge in [-0.15, -0.1) is 0 Å². The third-order valence-electron chi connectivity index (χ3n) is 3.18. The van der Waals surface area contributed by atoms with Crippen molar-refractivity contribution in [1.29, 1.82) is 0 Å².